The van der Waals surface area contributed by atoms with Crippen molar-refractivity contribution in [2.75, 3.05) is 0 Å². The first-order valence-electron chi connectivity index (χ1n) is 11.2. The highest BCUT2D eigenvalue weighted by molar-refractivity contribution is 6.06. The van der Waals surface area contributed by atoms with Crippen LogP contribution in [0.4, 0.5) is 0 Å². The maximum atomic E-state index is 12.6. The number of aromatic amines is 1. The first-order chi connectivity index (χ1) is 17.2. The molecule has 0 fully saturated rings. The standard InChI is InChI=1S/C27H23N3O6/c1-15-28-21-11-10-18-7-6-17(14-20(18)24(21)26(34)29-15)3-2-16-4-8-19(9-5-16)25(33)30-22(27(35)36)12-13-23(31)32/h2-11,14,22H,12-13H2,1H3,(H,30,33)(H,31,32)(H,35,36)(H,28,29,34)/b3-2+/t22-/m1/s1. The molecule has 1 heterocycles. The Balaban J connectivity index is 1.52. The Morgan fingerprint density at radius 3 is 2.36 bits per heavy atom. The summed E-state index contributed by atoms with van der Waals surface area (Å²) in [5, 5.41) is 22.6. The Bertz CT molecular complexity index is 1570. The summed E-state index contributed by atoms with van der Waals surface area (Å²) in [6.45, 7) is 1.74. The van der Waals surface area contributed by atoms with Crippen molar-refractivity contribution >= 4 is 51.7 Å². The smallest absolute Gasteiger partial charge is 0.326 e. The molecule has 0 unspecified atom stereocenters. The van der Waals surface area contributed by atoms with Crippen LogP contribution in [0, 0.1) is 6.92 Å². The molecule has 1 atom stereocenters. The van der Waals surface area contributed by atoms with Crippen molar-refractivity contribution in [2.45, 2.75) is 25.8 Å². The van der Waals surface area contributed by atoms with Gasteiger partial charge >= 0.3 is 11.9 Å². The van der Waals surface area contributed by atoms with Gasteiger partial charge in [0, 0.05) is 12.0 Å². The highest BCUT2D eigenvalue weighted by Gasteiger charge is 2.21. The molecule has 9 heteroatoms. The maximum absolute atomic E-state index is 12.6. The number of nitrogens with one attached hydrogen (secondary N) is 2. The van der Waals surface area contributed by atoms with Crippen molar-refractivity contribution in [1.29, 1.82) is 0 Å². The number of benzene rings is 3. The average molecular weight is 485 g/mol. The molecule has 4 rings (SSSR count). The zero-order chi connectivity index (χ0) is 25.8. The lowest BCUT2D eigenvalue weighted by molar-refractivity contribution is -0.140. The second kappa shape index (κ2) is 10.2. The summed E-state index contributed by atoms with van der Waals surface area (Å²) in [6, 6.07) is 14.8. The van der Waals surface area contributed by atoms with Crippen LogP contribution in [0.2, 0.25) is 0 Å². The number of carboxylic acids is 2. The number of carbonyl (C=O) groups excluding carboxylic acids is 1. The van der Waals surface area contributed by atoms with E-state index in [2.05, 4.69) is 15.3 Å². The molecule has 0 aliphatic carbocycles. The molecule has 0 aliphatic heterocycles. The zero-order valence-corrected chi connectivity index (χ0v) is 19.3. The third-order valence-electron chi connectivity index (χ3n) is 5.72. The molecular weight excluding hydrogens is 462 g/mol. The highest BCUT2D eigenvalue weighted by atomic mass is 16.4. The molecule has 182 valence electrons. The van der Waals surface area contributed by atoms with E-state index in [1.807, 2.05) is 42.5 Å². The van der Waals surface area contributed by atoms with Gasteiger partial charge in [0.05, 0.1) is 10.9 Å². The van der Waals surface area contributed by atoms with Crippen molar-refractivity contribution in [3.63, 3.8) is 0 Å². The number of carbonyl (C=O) groups is 3. The van der Waals surface area contributed by atoms with Gasteiger partial charge in [0.2, 0.25) is 0 Å². The number of H-pyrrole nitrogens is 1. The summed E-state index contributed by atoms with van der Waals surface area (Å²) in [7, 11) is 0. The second-order valence-corrected chi connectivity index (χ2v) is 8.34. The molecule has 4 N–H and O–H groups in total. The number of hydrogen-bond donors (Lipinski definition) is 4. The van der Waals surface area contributed by atoms with Crippen LogP contribution in [-0.2, 0) is 9.59 Å². The van der Waals surface area contributed by atoms with Gasteiger partial charge in [0.1, 0.15) is 11.9 Å². The Labute approximate surface area is 205 Å². The molecule has 0 spiro atoms. The molecule has 1 aromatic heterocycles. The van der Waals surface area contributed by atoms with Gasteiger partial charge in [-0.2, -0.15) is 0 Å². The van der Waals surface area contributed by atoms with Crippen LogP contribution in [0.15, 0.2) is 59.4 Å². The third-order valence-corrected chi connectivity index (χ3v) is 5.72. The lowest BCUT2D eigenvalue weighted by Gasteiger charge is -2.13. The molecule has 36 heavy (non-hydrogen) atoms. The monoisotopic (exact) mass is 485 g/mol. The minimum Gasteiger partial charge on any atom is -0.481 e. The molecule has 9 nitrogen and oxygen atoms in total. The summed E-state index contributed by atoms with van der Waals surface area (Å²) in [5.74, 6) is -2.47. The van der Waals surface area contributed by atoms with Gasteiger partial charge in [0.25, 0.3) is 11.5 Å². The van der Waals surface area contributed by atoms with Crippen LogP contribution in [0.25, 0.3) is 33.8 Å². The summed E-state index contributed by atoms with van der Waals surface area (Å²) in [5.41, 5.74) is 2.38. The molecule has 1 amide bonds. The van der Waals surface area contributed by atoms with E-state index in [1.165, 1.54) is 0 Å². The van der Waals surface area contributed by atoms with Gasteiger partial charge in [-0.25, -0.2) is 9.78 Å². The van der Waals surface area contributed by atoms with Gasteiger partial charge in [-0.15, -0.1) is 0 Å². The first-order valence-corrected chi connectivity index (χ1v) is 11.2. The topological polar surface area (TPSA) is 149 Å². The molecule has 0 saturated heterocycles. The first kappa shape index (κ1) is 24.3. The quantitative estimate of drug-likeness (QED) is 0.220. The van der Waals surface area contributed by atoms with Crippen molar-refractivity contribution in [1.82, 2.24) is 15.3 Å². The lowest BCUT2D eigenvalue weighted by Crippen LogP contribution is -2.41. The van der Waals surface area contributed by atoms with Crippen LogP contribution in [0.5, 0.6) is 0 Å². The van der Waals surface area contributed by atoms with Crippen molar-refractivity contribution in [3.05, 3.63) is 87.5 Å². The maximum Gasteiger partial charge on any atom is 0.326 e. The number of nitrogens with zero attached hydrogens (tertiary/aromatic N) is 1. The van der Waals surface area contributed by atoms with E-state index in [-0.39, 0.29) is 24.0 Å². The largest absolute Gasteiger partial charge is 0.481 e. The number of fused-ring (bicyclic) bond motifs is 3. The van der Waals surface area contributed by atoms with E-state index in [9.17, 15) is 24.3 Å². The minimum atomic E-state index is -1.29. The van der Waals surface area contributed by atoms with Gasteiger partial charge in [-0.05, 0) is 59.5 Å². The molecular formula is C27H23N3O6. The molecule has 0 bridgehead atoms. The summed E-state index contributed by atoms with van der Waals surface area (Å²) in [6.07, 6.45) is 3.17. The summed E-state index contributed by atoms with van der Waals surface area (Å²) >= 11 is 0. The highest BCUT2D eigenvalue weighted by Crippen LogP contribution is 2.24. The van der Waals surface area contributed by atoms with Gasteiger partial charge < -0.3 is 20.5 Å². The average Bonchev–Trinajstić information content (AvgIpc) is 2.84. The predicted octanol–water partition coefficient (Wildman–Crippen LogP) is 3.60. The van der Waals surface area contributed by atoms with Crippen molar-refractivity contribution in [2.24, 2.45) is 0 Å². The Morgan fingerprint density at radius 2 is 1.67 bits per heavy atom. The van der Waals surface area contributed by atoms with Crippen molar-refractivity contribution < 1.29 is 24.6 Å². The number of hydrogen-bond acceptors (Lipinski definition) is 5. The minimum absolute atomic E-state index is 0.189. The number of amides is 1. The van der Waals surface area contributed by atoms with E-state index in [1.54, 1.807) is 31.2 Å². The van der Waals surface area contributed by atoms with Gasteiger partial charge in [0.15, 0.2) is 0 Å². The number of carboxylic acid groups (broad SMARTS) is 2. The second-order valence-electron chi connectivity index (χ2n) is 8.34. The fourth-order valence-corrected chi connectivity index (χ4v) is 3.90. The SMILES string of the molecule is Cc1nc2ccc3ccc(/C=C/c4ccc(C(=O)N[C@H](CCC(=O)O)C(=O)O)cc4)cc3c2c(=O)[nH]1. The van der Waals surface area contributed by atoms with E-state index in [0.717, 1.165) is 21.9 Å². The number of aromatic nitrogens is 2. The van der Waals surface area contributed by atoms with Crippen LogP contribution >= 0.6 is 0 Å². The van der Waals surface area contributed by atoms with E-state index in [0.29, 0.717) is 16.7 Å². The lowest BCUT2D eigenvalue weighted by atomic mass is 10.0. The molecule has 4 aromatic rings. The van der Waals surface area contributed by atoms with Gasteiger partial charge in [-0.3, -0.25) is 14.4 Å². The Kier molecular flexibility index (Phi) is 6.91. The summed E-state index contributed by atoms with van der Waals surface area (Å²) < 4.78 is 0. The number of aliphatic carboxylic acids is 2. The van der Waals surface area contributed by atoms with Crippen LogP contribution in [0.1, 0.15) is 40.2 Å². The van der Waals surface area contributed by atoms with E-state index >= 15 is 0 Å². The van der Waals surface area contributed by atoms with Crippen LogP contribution in [-0.4, -0.2) is 44.1 Å². The Morgan fingerprint density at radius 1 is 1.00 bits per heavy atom. The van der Waals surface area contributed by atoms with Crippen molar-refractivity contribution in [3.8, 4) is 0 Å². The molecule has 0 aliphatic rings. The van der Waals surface area contributed by atoms with Crippen LogP contribution in [0.3, 0.4) is 0 Å². The zero-order valence-electron chi connectivity index (χ0n) is 19.3. The third kappa shape index (κ3) is 5.47. The van der Waals surface area contributed by atoms with E-state index < -0.39 is 23.9 Å². The fourth-order valence-electron chi connectivity index (χ4n) is 3.90. The molecule has 3 aromatic carbocycles. The van der Waals surface area contributed by atoms with E-state index in [4.69, 9.17) is 5.11 Å². The molecule has 0 saturated carbocycles. The Hall–Kier alpha value is -4.79. The number of aryl methyl sites for hydroxylation is 1. The van der Waals surface area contributed by atoms with Gasteiger partial charge in [-0.1, -0.05) is 42.5 Å². The number of rotatable bonds is 8. The summed E-state index contributed by atoms with van der Waals surface area (Å²) in [4.78, 5) is 54.1. The van der Waals surface area contributed by atoms with Crippen LogP contribution < -0.4 is 10.9 Å². The fraction of sp³-hybridized carbons (Fsp3) is 0.148. The normalized spacial score (nSPS) is 12.1. The predicted molar refractivity (Wildman–Crippen MR) is 136 cm³/mol. The molecule has 0 radical (unpaired) electrons.